The van der Waals surface area contributed by atoms with Gasteiger partial charge in [-0.3, -0.25) is 4.79 Å². The summed E-state index contributed by atoms with van der Waals surface area (Å²) in [6, 6.07) is 16.3. The minimum absolute atomic E-state index is 0.00908. The number of hydrogen-bond donors (Lipinski definition) is 0. The molecular weight excluding hydrogens is 344 g/mol. The number of ether oxygens (including phenoxy) is 2. The molecule has 0 aliphatic carbocycles. The lowest BCUT2D eigenvalue weighted by Gasteiger charge is -2.25. The molecule has 0 N–H and O–H groups in total. The molecule has 0 saturated carbocycles. The molecule has 2 aromatic rings. The van der Waals surface area contributed by atoms with Crippen molar-refractivity contribution in [2.75, 3.05) is 11.5 Å². The topological polar surface area (TPSA) is 79.6 Å². The predicted octanol–water partition coefficient (Wildman–Crippen LogP) is 2.85. The minimum Gasteiger partial charge on any atom is -0.481 e. The second kappa shape index (κ2) is 7.92. The summed E-state index contributed by atoms with van der Waals surface area (Å²) >= 11 is 0. The van der Waals surface area contributed by atoms with Crippen molar-refractivity contribution in [2.45, 2.75) is 32.4 Å². The molecule has 6 nitrogen and oxygen atoms in total. The molecule has 0 saturated heterocycles. The first-order chi connectivity index (χ1) is 13.0. The number of anilines is 1. The molecule has 0 bridgehead atoms. The standard InChI is InChI=1S/C21H20N2O4/c1-14-11-16-7-3-5-9-18(16)23(14)21(25)15(2)27-20(24)13-26-19-10-6-4-8-17(19)12-22/h3-10,14-15H,11,13H2,1-2H3/t14-,15+/m1/s1. The largest absolute Gasteiger partial charge is 0.481 e. The van der Waals surface area contributed by atoms with Crippen LogP contribution in [0.2, 0.25) is 0 Å². The lowest BCUT2D eigenvalue weighted by molar-refractivity contribution is -0.155. The molecule has 27 heavy (non-hydrogen) atoms. The van der Waals surface area contributed by atoms with Crippen LogP contribution in [0, 0.1) is 11.3 Å². The van der Waals surface area contributed by atoms with E-state index in [1.165, 1.54) is 0 Å². The predicted molar refractivity (Wildman–Crippen MR) is 99.3 cm³/mol. The maximum atomic E-state index is 12.8. The van der Waals surface area contributed by atoms with Gasteiger partial charge in [0.15, 0.2) is 12.7 Å². The molecule has 1 amide bonds. The maximum Gasteiger partial charge on any atom is 0.344 e. The van der Waals surface area contributed by atoms with Gasteiger partial charge in [-0.1, -0.05) is 30.3 Å². The first-order valence-electron chi connectivity index (χ1n) is 8.73. The molecular formula is C21H20N2O4. The summed E-state index contributed by atoms with van der Waals surface area (Å²) in [7, 11) is 0. The van der Waals surface area contributed by atoms with Crippen LogP contribution in [0.1, 0.15) is 25.0 Å². The number of esters is 1. The van der Waals surface area contributed by atoms with E-state index in [0.717, 1.165) is 17.7 Å². The molecule has 0 unspecified atom stereocenters. The monoisotopic (exact) mass is 364 g/mol. The summed E-state index contributed by atoms with van der Waals surface area (Å²) in [4.78, 5) is 26.5. The zero-order valence-corrected chi connectivity index (χ0v) is 15.2. The highest BCUT2D eigenvalue weighted by molar-refractivity contribution is 5.99. The number of carbonyl (C=O) groups is 2. The van der Waals surface area contributed by atoms with Crippen molar-refractivity contribution in [1.29, 1.82) is 5.26 Å². The number of fused-ring (bicyclic) bond motifs is 1. The summed E-state index contributed by atoms with van der Waals surface area (Å²) < 4.78 is 10.6. The van der Waals surface area contributed by atoms with Crippen LogP contribution in [0.4, 0.5) is 5.69 Å². The highest BCUT2D eigenvalue weighted by Crippen LogP contribution is 2.32. The molecule has 0 spiro atoms. The third-order valence-electron chi connectivity index (χ3n) is 4.45. The molecule has 0 fully saturated rings. The number of nitriles is 1. The first kappa shape index (κ1) is 18.5. The highest BCUT2D eigenvalue weighted by Gasteiger charge is 2.34. The molecule has 1 aliphatic heterocycles. The fourth-order valence-corrected chi connectivity index (χ4v) is 3.20. The molecule has 2 atom stereocenters. The average molecular weight is 364 g/mol. The second-order valence-corrected chi connectivity index (χ2v) is 6.42. The van der Waals surface area contributed by atoms with Crippen LogP contribution in [-0.2, 0) is 20.7 Å². The van der Waals surface area contributed by atoms with Gasteiger partial charge in [0.25, 0.3) is 5.91 Å². The lowest BCUT2D eigenvalue weighted by Crippen LogP contribution is -2.43. The lowest BCUT2D eigenvalue weighted by atomic mass is 10.1. The number of rotatable bonds is 5. The Kier molecular flexibility index (Phi) is 5.41. The van der Waals surface area contributed by atoms with E-state index >= 15 is 0 Å². The smallest absolute Gasteiger partial charge is 0.344 e. The van der Waals surface area contributed by atoms with E-state index in [0.29, 0.717) is 11.3 Å². The van der Waals surface area contributed by atoms with Gasteiger partial charge in [0.1, 0.15) is 11.8 Å². The summed E-state index contributed by atoms with van der Waals surface area (Å²) in [5, 5.41) is 9.03. The van der Waals surface area contributed by atoms with Gasteiger partial charge < -0.3 is 14.4 Å². The molecule has 6 heteroatoms. The number of para-hydroxylation sites is 2. The van der Waals surface area contributed by atoms with Crippen molar-refractivity contribution < 1.29 is 19.1 Å². The summed E-state index contributed by atoms with van der Waals surface area (Å²) in [5.74, 6) is -0.625. The maximum absolute atomic E-state index is 12.8. The van der Waals surface area contributed by atoms with Crippen molar-refractivity contribution in [1.82, 2.24) is 0 Å². The SMILES string of the molecule is C[C@H](OC(=O)COc1ccccc1C#N)C(=O)N1c2ccccc2C[C@H]1C. The normalized spacial score (nSPS) is 16.2. The summed E-state index contributed by atoms with van der Waals surface area (Å²) in [6.45, 7) is 3.15. The number of carbonyl (C=O) groups excluding carboxylic acids is 2. The van der Waals surface area contributed by atoms with Crippen molar-refractivity contribution in [3.8, 4) is 11.8 Å². The fraction of sp³-hybridized carbons (Fsp3) is 0.286. The third kappa shape index (κ3) is 3.93. The summed E-state index contributed by atoms with van der Waals surface area (Å²) in [6.07, 6.45) is -0.155. The van der Waals surface area contributed by atoms with Crippen molar-refractivity contribution in [2.24, 2.45) is 0 Å². The molecule has 1 heterocycles. The van der Waals surface area contributed by atoms with Crippen LogP contribution >= 0.6 is 0 Å². The fourth-order valence-electron chi connectivity index (χ4n) is 3.20. The Hall–Kier alpha value is -3.33. The first-order valence-corrected chi connectivity index (χ1v) is 8.73. The zero-order chi connectivity index (χ0) is 19.4. The van der Waals surface area contributed by atoms with E-state index in [4.69, 9.17) is 14.7 Å². The molecule has 138 valence electrons. The number of amides is 1. The molecule has 3 rings (SSSR count). The summed E-state index contributed by atoms with van der Waals surface area (Å²) in [5.41, 5.74) is 2.29. The number of benzene rings is 2. The molecule has 0 radical (unpaired) electrons. The van der Waals surface area contributed by atoms with Gasteiger partial charge in [-0.25, -0.2) is 4.79 Å². The Morgan fingerprint density at radius 3 is 2.70 bits per heavy atom. The Balaban J connectivity index is 1.60. The third-order valence-corrected chi connectivity index (χ3v) is 4.45. The molecule has 2 aromatic carbocycles. The van der Waals surface area contributed by atoms with E-state index in [1.807, 2.05) is 37.3 Å². The quantitative estimate of drug-likeness (QED) is 0.762. The van der Waals surface area contributed by atoms with E-state index in [1.54, 1.807) is 36.1 Å². The van der Waals surface area contributed by atoms with Crippen LogP contribution in [0.15, 0.2) is 48.5 Å². The van der Waals surface area contributed by atoms with Crippen LogP contribution in [-0.4, -0.2) is 30.6 Å². The second-order valence-electron chi connectivity index (χ2n) is 6.42. The zero-order valence-electron chi connectivity index (χ0n) is 15.2. The Bertz CT molecular complexity index is 903. The van der Waals surface area contributed by atoms with Crippen molar-refractivity contribution in [3.63, 3.8) is 0 Å². The van der Waals surface area contributed by atoms with E-state index < -0.39 is 12.1 Å². The van der Waals surface area contributed by atoms with Crippen LogP contribution in [0.25, 0.3) is 0 Å². The minimum atomic E-state index is -0.930. The van der Waals surface area contributed by atoms with Crippen molar-refractivity contribution in [3.05, 3.63) is 59.7 Å². The van der Waals surface area contributed by atoms with E-state index in [2.05, 4.69) is 0 Å². The average Bonchev–Trinajstić information content (AvgIpc) is 3.01. The van der Waals surface area contributed by atoms with Crippen molar-refractivity contribution >= 4 is 17.6 Å². The Labute approximate surface area is 157 Å². The van der Waals surface area contributed by atoms with Gasteiger partial charge in [-0.15, -0.1) is 0 Å². The van der Waals surface area contributed by atoms with Gasteiger partial charge in [0.2, 0.25) is 0 Å². The number of hydrogen-bond acceptors (Lipinski definition) is 5. The van der Waals surface area contributed by atoms with Gasteiger partial charge in [-0.2, -0.15) is 5.26 Å². The Morgan fingerprint density at radius 1 is 1.22 bits per heavy atom. The van der Waals surface area contributed by atoms with Gasteiger partial charge in [0.05, 0.1) is 5.56 Å². The Morgan fingerprint density at radius 2 is 1.93 bits per heavy atom. The van der Waals surface area contributed by atoms with Gasteiger partial charge >= 0.3 is 5.97 Å². The highest BCUT2D eigenvalue weighted by atomic mass is 16.6. The van der Waals surface area contributed by atoms with E-state index in [-0.39, 0.29) is 18.6 Å². The van der Waals surface area contributed by atoms with Crippen LogP contribution < -0.4 is 9.64 Å². The van der Waals surface area contributed by atoms with Gasteiger partial charge in [-0.05, 0) is 44.0 Å². The molecule has 1 aliphatic rings. The van der Waals surface area contributed by atoms with Crippen LogP contribution in [0.3, 0.4) is 0 Å². The van der Waals surface area contributed by atoms with Crippen LogP contribution in [0.5, 0.6) is 5.75 Å². The molecule has 0 aromatic heterocycles. The number of nitrogens with zero attached hydrogens (tertiary/aromatic N) is 2. The van der Waals surface area contributed by atoms with E-state index in [9.17, 15) is 9.59 Å². The van der Waals surface area contributed by atoms with Gasteiger partial charge in [0, 0.05) is 11.7 Å².